The maximum Gasteiger partial charge on any atom is 0.331 e. The summed E-state index contributed by atoms with van der Waals surface area (Å²) in [7, 11) is 0. The van der Waals surface area contributed by atoms with Crippen LogP contribution >= 0.6 is 0 Å². The third-order valence-corrected chi connectivity index (χ3v) is 3.21. The Kier molecular flexibility index (Phi) is 11.9. The van der Waals surface area contributed by atoms with E-state index in [1.54, 1.807) is 0 Å². The van der Waals surface area contributed by atoms with E-state index in [-0.39, 0.29) is 0 Å². The molecule has 0 amide bonds. The lowest BCUT2D eigenvalue weighted by Gasteiger charge is -2.11. The molecule has 0 spiro atoms. The van der Waals surface area contributed by atoms with Gasteiger partial charge >= 0.3 is 11.9 Å². The lowest BCUT2D eigenvalue weighted by Crippen LogP contribution is -2.12. The van der Waals surface area contributed by atoms with Crippen molar-refractivity contribution in [3.8, 4) is 0 Å². The number of carbonyl (C=O) groups excluding carboxylic acids is 2. The molecule has 0 unspecified atom stereocenters. The summed E-state index contributed by atoms with van der Waals surface area (Å²) in [6.07, 6.45) is 8.45. The average molecular weight is 284 g/mol. The molecule has 0 aliphatic carbocycles. The molecule has 0 N–H and O–H groups in total. The minimum atomic E-state index is -0.486. The molecule has 0 bridgehead atoms. The van der Waals surface area contributed by atoms with Gasteiger partial charge in [0.1, 0.15) is 0 Å². The number of esters is 2. The number of ether oxygens (including phenoxy) is 2. The van der Waals surface area contributed by atoms with Crippen LogP contribution in [-0.2, 0) is 19.1 Å². The Bertz CT molecular complexity index is 293. The molecule has 0 aliphatic heterocycles. The van der Waals surface area contributed by atoms with Crippen molar-refractivity contribution in [2.24, 2.45) is 5.92 Å². The normalized spacial score (nSPS) is 11.0. The highest BCUT2D eigenvalue weighted by molar-refractivity contribution is 5.91. The molecule has 0 heterocycles. The first-order chi connectivity index (χ1) is 9.63. The predicted molar refractivity (Wildman–Crippen MR) is 79.3 cm³/mol. The Morgan fingerprint density at radius 1 is 0.900 bits per heavy atom. The summed E-state index contributed by atoms with van der Waals surface area (Å²) >= 11 is 0. The zero-order chi connectivity index (χ0) is 15.2. The maximum absolute atomic E-state index is 11.4. The second-order valence-electron chi connectivity index (χ2n) is 4.87. The van der Waals surface area contributed by atoms with Crippen LogP contribution in [0.3, 0.4) is 0 Å². The summed E-state index contributed by atoms with van der Waals surface area (Å²) in [5.41, 5.74) is 0. The number of rotatable bonds is 11. The molecule has 0 rings (SSSR count). The minimum absolute atomic E-state index is 0.387. The number of carbonyl (C=O) groups is 2. The van der Waals surface area contributed by atoms with E-state index in [0.717, 1.165) is 50.7 Å². The van der Waals surface area contributed by atoms with Gasteiger partial charge in [-0.1, -0.05) is 52.9 Å². The van der Waals surface area contributed by atoms with Crippen LogP contribution in [0.2, 0.25) is 0 Å². The topological polar surface area (TPSA) is 52.6 Å². The maximum atomic E-state index is 11.4. The van der Waals surface area contributed by atoms with E-state index in [2.05, 4.69) is 20.8 Å². The fraction of sp³-hybridized carbons (Fsp3) is 0.750. The Labute approximate surface area is 122 Å². The largest absolute Gasteiger partial charge is 0.463 e. The quantitative estimate of drug-likeness (QED) is 0.330. The van der Waals surface area contributed by atoms with Crippen molar-refractivity contribution in [1.82, 2.24) is 0 Å². The highest BCUT2D eigenvalue weighted by Crippen LogP contribution is 2.07. The highest BCUT2D eigenvalue weighted by Gasteiger charge is 2.06. The molecule has 0 saturated heterocycles. The van der Waals surface area contributed by atoms with Crippen LogP contribution in [0.15, 0.2) is 12.2 Å². The minimum Gasteiger partial charge on any atom is -0.463 e. The fourth-order valence-corrected chi connectivity index (χ4v) is 1.66. The van der Waals surface area contributed by atoms with Crippen LogP contribution in [0.1, 0.15) is 59.3 Å². The molecule has 20 heavy (non-hydrogen) atoms. The molecule has 116 valence electrons. The van der Waals surface area contributed by atoms with Crippen molar-refractivity contribution < 1.29 is 19.1 Å². The third-order valence-electron chi connectivity index (χ3n) is 3.21. The molecule has 4 heteroatoms. The highest BCUT2D eigenvalue weighted by atomic mass is 16.5. The molecule has 0 aromatic heterocycles. The smallest absolute Gasteiger partial charge is 0.331 e. The Hall–Kier alpha value is -1.32. The number of hydrogen-bond acceptors (Lipinski definition) is 4. The zero-order valence-electron chi connectivity index (χ0n) is 13.0. The second kappa shape index (κ2) is 12.7. The summed E-state index contributed by atoms with van der Waals surface area (Å²) in [6, 6.07) is 0. The van der Waals surface area contributed by atoms with Crippen molar-refractivity contribution >= 4 is 11.9 Å². The van der Waals surface area contributed by atoms with Crippen LogP contribution in [-0.4, -0.2) is 25.2 Å². The van der Waals surface area contributed by atoms with Gasteiger partial charge in [0.05, 0.1) is 13.2 Å². The number of hydrogen-bond donors (Lipinski definition) is 0. The summed E-state index contributed by atoms with van der Waals surface area (Å²) in [5.74, 6) is -0.585. The van der Waals surface area contributed by atoms with Crippen molar-refractivity contribution in [3.05, 3.63) is 12.2 Å². The molecule has 4 nitrogen and oxygen atoms in total. The Morgan fingerprint density at radius 3 is 2.05 bits per heavy atom. The molecule has 0 atom stereocenters. The van der Waals surface area contributed by atoms with Gasteiger partial charge in [0, 0.05) is 12.2 Å². The van der Waals surface area contributed by atoms with Gasteiger partial charge in [-0.3, -0.25) is 0 Å². The van der Waals surface area contributed by atoms with Crippen LogP contribution in [0.25, 0.3) is 0 Å². The molecule has 0 radical (unpaired) electrons. The van der Waals surface area contributed by atoms with E-state index in [4.69, 9.17) is 9.47 Å². The predicted octanol–water partition coefficient (Wildman–Crippen LogP) is 3.65. The average Bonchev–Trinajstić information content (AvgIpc) is 2.46. The third kappa shape index (κ3) is 10.6. The Balaban J connectivity index is 3.74. The van der Waals surface area contributed by atoms with Gasteiger partial charge in [0.2, 0.25) is 0 Å². The van der Waals surface area contributed by atoms with Gasteiger partial charge in [-0.2, -0.15) is 0 Å². The molecule has 0 aromatic carbocycles. The zero-order valence-corrected chi connectivity index (χ0v) is 13.0. The number of unbranched alkanes of at least 4 members (excludes halogenated alkanes) is 3. The van der Waals surface area contributed by atoms with Crippen molar-refractivity contribution in [2.45, 2.75) is 59.3 Å². The van der Waals surface area contributed by atoms with E-state index in [0.29, 0.717) is 19.1 Å². The summed E-state index contributed by atoms with van der Waals surface area (Å²) in [6.45, 7) is 7.07. The van der Waals surface area contributed by atoms with E-state index in [9.17, 15) is 9.59 Å². The first-order valence-electron chi connectivity index (χ1n) is 7.65. The SMILES string of the molecule is CCCCCCOC(=O)/C=C/C(=O)OCC(CC)CC. The standard InChI is InChI=1S/C16H28O4/c1-4-7-8-9-12-19-15(17)10-11-16(18)20-13-14(5-2)6-3/h10-11,14H,4-9,12-13H2,1-3H3/b11-10+. The summed E-state index contributed by atoms with van der Waals surface area (Å²) in [4.78, 5) is 22.7. The van der Waals surface area contributed by atoms with E-state index in [1.807, 2.05) is 0 Å². The molecular weight excluding hydrogens is 256 g/mol. The van der Waals surface area contributed by atoms with Gasteiger partial charge in [-0.15, -0.1) is 0 Å². The van der Waals surface area contributed by atoms with Crippen molar-refractivity contribution in [2.75, 3.05) is 13.2 Å². The van der Waals surface area contributed by atoms with E-state index >= 15 is 0 Å². The molecule has 0 saturated carbocycles. The van der Waals surface area contributed by atoms with Gasteiger partial charge in [0.25, 0.3) is 0 Å². The summed E-state index contributed by atoms with van der Waals surface area (Å²) < 4.78 is 10.0. The van der Waals surface area contributed by atoms with Crippen LogP contribution < -0.4 is 0 Å². The van der Waals surface area contributed by atoms with E-state index in [1.165, 1.54) is 0 Å². The van der Waals surface area contributed by atoms with Gasteiger partial charge in [-0.05, 0) is 12.3 Å². The molecule has 0 aromatic rings. The Morgan fingerprint density at radius 2 is 1.50 bits per heavy atom. The van der Waals surface area contributed by atoms with Crippen molar-refractivity contribution in [3.63, 3.8) is 0 Å². The molecular formula is C16H28O4. The lowest BCUT2D eigenvalue weighted by atomic mass is 10.1. The summed E-state index contributed by atoms with van der Waals surface area (Å²) in [5, 5.41) is 0. The fourth-order valence-electron chi connectivity index (χ4n) is 1.66. The van der Waals surface area contributed by atoms with Crippen LogP contribution in [0, 0.1) is 5.92 Å². The lowest BCUT2D eigenvalue weighted by molar-refractivity contribution is -0.141. The first kappa shape index (κ1) is 18.7. The second-order valence-corrected chi connectivity index (χ2v) is 4.87. The van der Waals surface area contributed by atoms with Crippen LogP contribution in [0.5, 0.6) is 0 Å². The molecule has 0 fully saturated rings. The van der Waals surface area contributed by atoms with Crippen molar-refractivity contribution in [1.29, 1.82) is 0 Å². The first-order valence-corrected chi connectivity index (χ1v) is 7.65. The molecule has 0 aliphatic rings. The van der Waals surface area contributed by atoms with Gasteiger partial charge in [0.15, 0.2) is 0 Å². The van der Waals surface area contributed by atoms with Gasteiger partial charge < -0.3 is 9.47 Å². The van der Waals surface area contributed by atoms with Gasteiger partial charge in [-0.25, -0.2) is 9.59 Å². The van der Waals surface area contributed by atoms with E-state index < -0.39 is 11.9 Å². The van der Waals surface area contributed by atoms with Crippen LogP contribution in [0.4, 0.5) is 0 Å². The monoisotopic (exact) mass is 284 g/mol.